The van der Waals surface area contributed by atoms with Crippen molar-refractivity contribution in [2.75, 3.05) is 7.11 Å². The number of hydrogen-bond acceptors (Lipinski definition) is 7. The van der Waals surface area contributed by atoms with Gasteiger partial charge in [0.2, 0.25) is 0 Å². The van der Waals surface area contributed by atoms with Crippen molar-refractivity contribution < 1.29 is 33.7 Å². The zero-order chi connectivity index (χ0) is 30.2. The van der Waals surface area contributed by atoms with Gasteiger partial charge in [0.25, 0.3) is 0 Å². The van der Waals surface area contributed by atoms with Gasteiger partial charge in [-0.25, -0.2) is 9.59 Å². The molecule has 0 heterocycles. The smallest absolute Gasteiger partial charge is 0.338 e. The van der Waals surface area contributed by atoms with Gasteiger partial charge in [0.1, 0.15) is 12.2 Å². The predicted octanol–water partition coefficient (Wildman–Crippen LogP) is 6.86. The molecule has 2 aromatic rings. The Hall–Kier alpha value is -3.71. The number of benzene rings is 2. The third-order valence-electron chi connectivity index (χ3n) is 7.61. The maximum atomic E-state index is 13.1. The Morgan fingerprint density at radius 3 is 2.10 bits per heavy atom. The van der Waals surface area contributed by atoms with E-state index in [1.165, 1.54) is 13.5 Å². The molecular weight excluding hydrogens is 532 g/mol. The molecule has 0 radical (unpaired) electrons. The molecule has 7 heteroatoms. The van der Waals surface area contributed by atoms with Gasteiger partial charge in [0.15, 0.2) is 0 Å². The number of hydrogen-bond donors (Lipinski definition) is 1. The molecule has 0 spiro atoms. The van der Waals surface area contributed by atoms with E-state index in [-0.39, 0.29) is 24.2 Å². The van der Waals surface area contributed by atoms with E-state index in [4.69, 9.17) is 9.47 Å². The number of carbonyl (C=O) groups is 3. The van der Waals surface area contributed by atoms with Crippen LogP contribution in [0.3, 0.4) is 0 Å². The molecule has 0 amide bonds. The average molecular weight is 577 g/mol. The lowest BCUT2D eigenvalue weighted by Gasteiger charge is -2.23. The Labute approximate surface area is 249 Å². The Kier molecular flexibility index (Phi) is 14.0. The summed E-state index contributed by atoms with van der Waals surface area (Å²) in [5.41, 5.74) is 0.907. The van der Waals surface area contributed by atoms with Crippen LogP contribution in [0.2, 0.25) is 0 Å². The summed E-state index contributed by atoms with van der Waals surface area (Å²) in [5.74, 6) is -1.63. The van der Waals surface area contributed by atoms with Gasteiger partial charge in [-0.15, -0.1) is 0 Å². The number of esters is 3. The summed E-state index contributed by atoms with van der Waals surface area (Å²) in [6.07, 6.45) is 12.5. The molecule has 0 aliphatic heterocycles. The molecule has 1 aliphatic carbocycles. The van der Waals surface area contributed by atoms with Crippen LogP contribution in [-0.2, 0) is 19.0 Å². The second kappa shape index (κ2) is 18.0. The molecule has 0 unspecified atom stereocenters. The normalized spacial score (nSPS) is 20.9. The van der Waals surface area contributed by atoms with Crippen LogP contribution in [0.4, 0.5) is 0 Å². The van der Waals surface area contributed by atoms with Crippen molar-refractivity contribution in [3.8, 4) is 0 Å². The molecule has 1 N–H and O–H groups in total. The number of methoxy groups -OCH3 is 1. The first-order valence-corrected chi connectivity index (χ1v) is 15.0. The molecule has 7 nitrogen and oxygen atoms in total. The maximum Gasteiger partial charge on any atom is 0.338 e. The molecule has 0 saturated heterocycles. The lowest BCUT2D eigenvalue weighted by molar-refractivity contribution is -0.140. The van der Waals surface area contributed by atoms with Crippen molar-refractivity contribution in [3.05, 3.63) is 96.1 Å². The molecule has 226 valence electrons. The summed E-state index contributed by atoms with van der Waals surface area (Å²) < 4.78 is 16.8. The zero-order valence-electron chi connectivity index (χ0n) is 24.7. The predicted molar refractivity (Wildman–Crippen MR) is 162 cm³/mol. The summed E-state index contributed by atoms with van der Waals surface area (Å²) in [7, 11) is 1.34. The zero-order valence-corrected chi connectivity index (χ0v) is 24.7. The Bertz CT molecular complexity index is 1160. The van der Waals surface area contributed by atoms with Crippen molar-refractivity contribution in [3.63, 3.8) is 0 Å². The van der Waals surface area contributed by atoms with Crippen LogP contribution < -0.4 is 0 Å². The van der Waals surface area contributed by atoms with Gasteiger partial charge in [-0.2, -0.15) is 0 Å². The van der Waals surface area contributed by atoms with Crippen molar-refractivity contribution in [2.24, 2.45) is 11.8 Å². The van der Waals surface area contributed by atoms with Crippen LogP contribution in [0, 0.1) is 11.8 Å². The number of allylic oxidation sites excluding steroid dienone is 2. The molecule has 1 aliphatic rings. The lowest BCUT2D eigenvalue weighted by Crippen LogP contribution is -2.26. The molecule has 42 heavy (non-hydrogen) atoms. The third-order valence-corrected chi connectivity index (χ3v) is 7.61. The first-order chi connectivity index (χ1) is 20.4. The molecule has 5 atom stereocenters. The van der Waals surface area contributed by atoms with E-state index in [9.17, 15) is 19.5 Å². The highest BCUT2D eigenvalue weighted by Crippen LogP contribution is 2.41. The molecule has 0 bridgehead atoms. The quantitative estimate of drug-likeness (QED) is 0.101. The second-order valence-corrected chi connectivity index (χ2v) is 10.7. The number of carbonyl (C=O) groups excluding carboxylic acids is 3. The molecule has 3 rings (SSSR count). The summed E-state index contributed by atoms with van der Waals surface area (Å²) in [6, 6.07) is 17.7. The van der Waals surface area contributed by atoms with Crippen LogP contribution in [0.5, 0.6) is 0 Å². The summed E-state index contributed by atoms with van der Waals surface area (Å²) >= 11 is 0. The minimum Gasteiger partial charge on any atom is -0.469 e. The van der Waals surface area contributed by atoms with E-state index in [1.807, 2.05) is 18.2 Å². The monoisotopic (exact) mass is 576 g/mol. The highest BCUT2D eigenvalue weighted by atomic mass is 16.6. The van der Waals surface area contributed by atoms with Gasteiger partial charge in [0.05, 0.1) is 24.3 Å². The minimum absolute atomic E-state index is 0.160. The highest BCUT2D eigenvalue weighted by molar-refractivity contribution is 5.90. The van der Waals surface area contributed by atoms with Crippen molar-refractivity contribution >= 4 is 17.9 Å². The van der Waals surface area contributed by atoms with Crippen molar-refractivity contribution in [1.29, 1.82) is 0 Å². The highest BCUT2D eigenvalue weighted by Gasteiger charge is 2.45. The molecule has 1 fully saturated rings. The molecule has 2 aromatic carbocycles. The number of aliphatic hydroxyl groups is 1. The SMILES string of the molecule is CCCCC/C=C\C[C@@H]1[C@H](/C=C/[C@@H](O)CCCC(=O)OC)[C@@H](OC(=O)c2ccccc2)C[C@H]1OC(=O)c1ccccc1. The lowest BCUT2D eigenvalue weighted by atomic mass is 9.89. The van der Waals surface area contributed by atoms with Gasteiger partial charge in [-0.1, -0.05) is 80.5 Å². The van der Waals surface area contributed by atoms with E-state index >= 15 is 0 Å². The van der Waals surface area contributed by atoms with Crippen LogP contribution in [0.1, 0.15) is 85.4 Å². The Balaban J connectivity index is 1.83. The van der Waals surface area contributed by atoms with Gasteiger partial charge in [-0.3, -0.25) is 4.79 Å². The first-order valence-electron chi connectivity index (χ1n) is 15.0. The molecule has 1 saturated carbocycles. The third kappa shape index (κ3) is 10.6. The van der Waals surface area contributed by atoms with Crippen LogP contribution in [0.25, 0.3) is 0 Å². The van der Waals surface area contributed by atoms with E-state index in [2.05, 4.69) is 23.8 Å². The fourth-order valence-electron chi connectivity index (χ4n) is 5.28. The van der Waals surface area contributed by atoms with Gasteiger partial charge >= 0.3 is 17.9 Å². The van der Waals surface area contributed by atoms with Crippen LogP contribution in [0.15, 0.2) is 85.0 Å². The van der Waals surface area contributed by atoms with Crippen LogP contribution in [-0.4, -0.2) is 48.4 Å². The van der Waals surface area contributed by atoms with Crippen molar-refractivity contribution in [1.82, 2.24) is 0 Å². The van der Waals surface area contributed by atoms with Crippen LogP contribution >= 0.6 is 0 Å². The Morgan fingerprint density at radius 1 is 0.881 bits per heavy atom. The molecular formula is C35H44O7. The number of unbranched alkanes of at least 4 members (excludes halogenated alkanes) is 3. The fraction of sp³-hybridized carbons (Fsp3) is 0.457. The largest absolute Gasteiger partial charge is 0.469 e. The first kappa shape index (κ1) is 32.8. The number of ether oxygens (including phenoxy) is 3. The van der Waals surface area contributed by atoms with Gasteiger partial charge < -0.3 is 19.3 Å². The number of rotatable bonds is 16. The van der Waals surface area contributed by atoms with E-state index in [0.29, 0.717) is 36.8 Å². The average Bonchev–Trinajstić information content (AvgIpc) is 3.33. The minimum atomic E-state index is -0.781. The fourth-order valence-corrected chi connectivity index (χ4v) is 5.28. The van der Waals surface area contributed by atoms with E-state index < -0.39 is 30.3 Å². The summed E-state index contributed by atoms with van der Waals surface area (Å²) in [4.78, 5) is 37.6. The topological polar surface area (TPSA) is 99.1 Å². The van der Waals surface area contributed by atoms with E-state index in [0.717, 1.165) is 19.3 Å². The van der Waals surface area contributed by atoms with Gasteiger partial charge in [0, 0.05) is 24.7 Å². The standard InChI is InChI=1S/C35H44O7/c1-3-4-5-6-7-14-21-29-30(24-23-28(36)20-15-22-33(37)40-2)32(42-35(39)27-18-12-9-13-19-27)25-31(29)41-34(38)26-16-10-8-11-17-26/h7-14,16-19,23-24,28-32,36H,3-6,15,20-22,25H2,1-2H3/b14-7-,24-23+/t28-,29+,30-,31+,32-/m0/s1. The van der Waals surface area contributed by atoms with Crippen molar-refractivity contribution in [2.45, 2.75) is 83.0 Å². The number of aliphatic hydroxyl groups excluding tert-OH is 1. The van der Waals surface area contributed by atoms with Gasteiger partial charge in [-0.05, 0) is 56.4 Å². The summed E-state index contributed by atoms with van der Waals surface area (Å²) in [5, 5.41) is 10.6. The van der Waals surface area contributed by atoms with E-state index in [1.54, 1.807) is 54.6 Å². The summed E-state index contributed by atoms with van der Waals surface area (Å²) in [6.45, 7) is 2.17. The second-order valence-electron chi connectivity index (χ2n) is 10.7. The molecule has 0 aromatic heterocycles. The Morgan fingerprint density at radius 2 is 1.50 bits per heavy atom. The maximum absolute atomic E-state index is 13.1.